The van der Waals surface area contributed by atoms with Crippen LogP contribution in [-0.4, -0.2) is 26.0 Å². The highest BCUT2D eigenvalue weighted by molar-refractivity contribution is 9.10. The lowest BCUT2D eigenvalue weighted by Crippen LogP contribution is -2.32. The minimum atomic E-state index is -2.77. The van der Waals surface area contributed by atoms with Crippen molar-refractivity contribution in [2.45, 2.75) is 25.8 Å². The molecule has 3 nitrogen and oxygen atoms in total. The fourth-order valence-corrected chi connectivity index (χ4v) is 4.19. The van der Waals surface area contributed by atoms with Crippen molar-refractivity contribution in [1.82, 2.24) is 0 Å². The standard InChI is InChI=1S/C12H16BrNO2S/c1-9-6-10(13)8-12(7-9)14-11-2-4-17(15,16)5-3-11/h6-8,11,14H,2-5H2,1H3. The Bertz CT molecular complexity index is 479. The maximum absolute atomic E-state index is 11.3. The Hall–Kier alpha value is -0.550. The SMILES string of the molecule is Cc1cc(Br)cc(NC2CCS(=O)(=O)CC2)c1. The van der Waals surface area contributed by atoms with Crippen molar-refractivity contribution in [2.75, 3.05) is 16.8 Å². The number of anilines is 1. The molecule has 1 fully saturated rings. The van der Waals surface area contributed by atoms with Gasteiger partial charge in [0.15, 0.2) is 0 Å². The molecule has 0 unspecified atom stereocenters. The number of aryl methyl sites for hydroxylation is 1. The van der Waals surface area contributed by atoms with Crippen LogP contribution in [0.5, 0.6) is 0 Å². The smallest absolute Gasteiger partial charge is 0.150 e. The summed E-state index contributed by atoms with van der Waals surface area (Å²) in [6.45, 7) is 2.04. The molecule has 0 amide bonds. The van der Waals surface area contributed by atoms with Crippen molar-refractivity contribution in [3.8, 4) is 0 Å². The second-order valence-electron chi connectivity index (χ2n) is 4.59. The van der Waals surface area contributed by atoms with E-state index in [1.54, 1.807) is 0 Å². The molecule has 1 heterocycles. The average Bonchev–Trinajstić information content (AvgIpc) is 2.20. The second kappa shape index (κ2) is 4.98. The fraction of sp³-hybridized carbons (Fsp3) is 0.500. The van der Waals surface area contributed by atoms with Crippen LogP contribution < -0.4 is 5.32 Å². The van der Waals surface area contributed by atoms with Gasteiger partial charge in [-0.2, -0.15) is 0 Å². The van der Waals surface area contributed by atoms with Crippen molar-refractivity contribution >= 4 is 31.5 Å². The molecule has 0 aromatic heterocycles. The molecule has 1 aromatic rings. The quantitative estimate of drug-likeness (QED) is 0.912. The summed E-state index contributed by atoms with van der Waals surface area (Å²) in [6, 6.07) is 6.42. The van der Waals surface area contributed by atoms with Crippen molar-refractivity contribution in [3.05, 3.63) is 28.2 Å². The summed E-state index contributed by atoms with van der Waals surface area (Å²) >= 11 is 3.46. The first kappa shape index (κ1) is 12.9. The Balaban J connectivity index is 2.02. The molecule has 5 heteroatoms. The number of hydrogen-bond acceptors (Lipinski definition) is 3. The molecule has 94 valence electrons. The van der Waals surface area contributed by atoms with Crippen LogP contribution >= 0.6 is 15.9 Å². The Morgan fingerprint density at radius 3 is 2.47 bits per heavy atom. The van der Waals surface area contributed by atoms with Crippen LogP contribution in [0, 0.1) is 6.92 Å². The molecule has 17 heavy (non-hydrogen) atoms. The second-order valence-corrected chi connectivity index (χ2v) is 7.81. The monoisotopic (exact) mass is 317 g/mol. The van der Waals surface area contributed by atoms with Gasteiger partial charge in [0.25, 0.3) is 0 Å². The van der Waals surface area contributed by atoms with E-state index in [0.717, 1.165) is 10.2 Å². The van der Waals surface area contributed by atoms with Crippen molar-refractivity contribution in [3.63, 3.8) is 0 Å². The minimum absolute atomic E-state index is 0.271. The minimum Gasteiger partial charge on any atom is -0.382 e. The molecule has 1 aliphatic heterocycles. The van der Waals surface area contributed by atoms with Crippen LogP contribution in [0.15, 0.2) is 22.7 Å². The van der Waals surface area contributed by atoms with E-state index in [1.807, 2.05) is 13.0 Å². The van der Waals surface area contributed by atoms with Gasteiger partial charge in [0.1, 0.15) is 9.84 Å². The molecular weight excluding hydrogens is 302 g/mol. The fourth-order valence-electron chi connectivity index (χ4n) is 2.09. The predicted molar refractivity (Wildman–Crippen MR) is 74.2 cm³/mol. The van der Waals surface area contributed by atoms with E-state index in [0.29, 0.717) is 24.3 Å². The highest BCUT2D eigenvalue weighted by atomic mass is 79.9. The number of halogens is 1. The van der Waals surface area contributed by atoms with Gasteiger partial charge in [-0.25, -0.2) is 8.42 Å². The van der Waals surface area contributed by atoms with Gasteiger partial charge < -0.3 is 5.32 Å². The summed E-state index contributed by atoms with van der Waals surface area (Å²) in [5.74, 6) is 0.606. The zero-order chi connectivity index (χ0) is 12.5. The van der Waals surface area contributed by atoms with Crippen molar-refractivity contribution in [2.24, 2.45) is 0 Å². The number of benzene rings is 1. The largest absolute Gasteiger partial charge is 0.382 e. The Morgan fingerprint density at radius 2 is 1.88 bits per heavy atom. The predicted octanol–water partition coefficient (Wildman–Crippen LogP) is 2.75. The normalized spacial score (nSPS) is 20.1. The lowest BCUT2D eigenvalue weighted by atomic mass is 10.1. The van der Waals surface area contributed by atoms with Crippen LogP contribution in [0.3, 0.4) is 0 Å². The molecule has 1 aromatic carbocycles. The topological polar surface area (TPSA) is 46.2 Å². The summed E-state index contributed by atoms with van der Waals surface area (Å²) < 4.78 is 23.7. The molecule has 0 bridgehead atoms. The Kier molecular flexibility index (Phi) is 3.78. The summed E-state index contributed by atoms with van der Waals surface area (Å²) in [7, 11) is -2.77. The van der Waals surface area contributed by atoms with Gasteiger partial charge in [0, 0.05) is 16.2 Å². The third-order valence-corrected chi connectivity index (χ3v) is 5.14. The Morgan fingerprint density at radius 1 is 1.24 bits per heavy atom. The zero-order valence-electron chi connectivity index (χ0n) is 9.74. The molecule has 0 aliphatic carbocycles. The van der Waals surface area contributed by atoms with E-state index in [9.17, 15) is 8.42 Å². The zero-order valence-corrected chi connectivity index (χ0v) is 12.1. The lowest BCUT2D eigenvalue weighted by molar-refractivity contribution is 0.559. The van der Waals surface area contributed by atoms with E-state index in [-0.39, 0.29) is 6.04 Å². The lowest BCUT2D eigenvalue weighted by Gasteiger charge is -2.24. The van der Waals surface area contributed by atoms with Crippen LogP contribution in [0.1, 0.15) is 18.4 Å². The van der Waals surface area contributed by atoms with Gasteiger partial charge in [0.2, 0.25) is 0 Å². The van der Waals surface area contributed by atoms with Crippen LogP contribution in [0.4, 0.5) is 5.69 Å². The summed E-state index contributed by atoms with van der Waals surface area (Å²) in [6.07, 6.45) is 1.40. The van der Waals surface area contributed by atoms with Gasteiger partial charge in [0.05, 0.1) is 11.5 Å². The van der Waals surface area contributed by atoms with E-state index >= 15 is 0 Å². The number of rotatable bonds is 2. The summed E-state index contributed by atoms with van der Waals surface area (Å²) in [5.41, 5.74) is 2.24. The van der Waals surface area contributed by atoms with E-state index in [2.05, 4.69) is 33.4 Å². The first-order valence-electron chi connectivity index (χ1n) is 5.69. The maximum Gasteiger partial charge on any atom is 0.150 e. The van der Waals surface area contributed by atoms with Gasteiger partial charge in [-0.05, 0) is 43.5 Å². The third kappa shape index (κ3) is 3.71. The number of sulfone groups is 1. The molecule has 0 spiro atoms. The Labute approximate surface area is 111 Å². The van der Waals surface area contributed by atoms with Gasteiger partial charge in [-0.1, -0.05) is 15.9 Å². The first-order chi connectivity index (χ1) is 7.94. The third-order valence-electron chi connectivity index (χ3n) is 2.97. The van der Waals surface area contributed by atoms with E-state index in [1.165, 1.54) is 5.56 Å². The molecule has 1 saturated heterocycles. The molecular formula is C12H16BrNO2S. The maximum atomic E-state index is 11.3. The summed E-state index contributed by atoms with van der Waals surface area (Å²) in [5, 5.41) is 3.41. The molecule has 1 N–H and O–H groups in total. The summed E-state index contributed by atoms with van der Waals surface area (Å²) in [4.78, 5) is 0. The van der Waals surface area contributed by atoms with Gasteiger partial charge in [-0.3, -0.25) is 0 Å². The van der Waals surface area contributed by atoms with E-state index in [4.69, 9.17) is 0 Å². The highest BCUT2D eigenvalue weighted by Gasteiger charge is 2.23. The first-order valence-corrected chi connectivity index (χ1v) is 8.30. The van der Waals surface area contributed by atoms with Crippen LogP contribution in [-0.2, 0) is 9.84 Å². The molecule has 0 radical (unpaired) electrons. The average molecular weight is 318 g/mol. The van der Waals surface area contributed by atoms with Crippen molar-refractivity contribution < 1.29 is 8.42 Å². The molecule has 1 aliphatic rings. The highest BCUT2D eigenvalue weighted by Crippen LogP contribution is 2.22. The molecule has 0 saturated carbocycles. The van der Waals surface area contributed by atoms with Crippen LogP contribution in [0.25, 0.3) is 0 Å². The molecule has 0 atom stereocenters. The van der Waals surface area contributed by atoms with Gasteiger partial charge in [-0.15, -0.1) is 0 Å². The van der Waals surface area contributed by atoms with Crippen molar-refractivity contribution in [1.29, 1.82) is 0 Å². The number of hydrogen-bond donors (Lipinski definition) is 1. The number of nitrogens with one attached hydrogen (secondary N) is 1. The van der Waals surface area contributed by atoms with Gasteiger partial charge >= 0.3 is 0 Å². The van der Waals surface area contributed by atoms with E-state index < -0.39 is 9.84 Å². The molecule has 2 rings (SSSR count). The van der Waals surface area contributed by atoms with Crippen LogP contribution in [0.2, 0.25) is 0 Å².